The van der Waals surface area contributed by atoms with Crippen LogP contribution in [0.5, 0.6) is 5.75 Å². The van der Waals surface area contributed by atoms with Gasteiger partial charge >= 0.3 is 0 Å². The minimum atomic E-state index is -3.91. The second-order valence-electron chi connectivity index (χ2n) is 5.17. The number of furan rings is 1. The van der Waals surface area contributed by atoms with Crippen LogP contribution in [-0.4, -0.2) is 27.0 Å². The first kappa shape index (κ1) is 19.3. The number of ether oxygens (including phenoxy) is 1. The van der Waals surface area contributed by atoms with Crippen LogP contribution in [0.1, 0.15) is 19.6 Å². The monoisotopic (exact) mass is 386 g/mol. The van der Waals surface area contributed by atoms with E-state index >= 15 is 0 Å². The first-order chi connectivity index (χ1) is 11.8. The molecule has 2 rings (SSSR count). The largest absolute Gasteiger partial charge is 0.492 e. The SMILES string of the molecule is CCOc1ccc(S(=O)(=O)N[C@@H](C)C(=O)NCc2ccco2)cc1Cl. The van der Waals surface area contributed by atoms with Gasteiger partial charge in [0.2, 0.25) is 15.9 Å². The van der Waals surface area contributed by atoms with Crippen LogP contribution >= 0.6 is 11.6 Å². The van der Waals surface area contributed by atoms with Crippen molar-refractivity contribution in [3.63, 3.8) is 0 Å². The molecule has 0 saturated heterocycles. The molecule has 9 heteroatoms. The highest BCUT2D eigenvalue weighted by Gasteiger charge is 2.23. The molecule has 1 amide bonds. The van der Waals surface area contributed by atoms with Gasteiger partial charge in [-0.3, -0.25) is 4.79 Å². The number of nitrogens with one attached hydrogen (secondary N) is 2. The van der Waals surface area contributed by atoms with Gasteiger partial charge in [-0.05, 0) is 44.2 Å². The maximum Gasteiger partial charge on any atom is 0.241 e. The van der Waals surface area contributed by atoms with Crippen LogP contribution in [-0.2, 0) is 21.4 Å². The van der Waals surface area contributed by atoms with Gasteiger partial charge in [-0.15, -0.1) is 0 Å². The van der Waals surface area contributed by atoms with E-state index in [0.29, 0.717) is 18.1 Å². The molecule has 1 aromatic heterocycles. The van der Waals surface area contributed by atoms with Gasteiger partial charge in [0.05, 0.1) is 35.4 Å². The number of rotatable bonds is 8. The van der Waals surface area contributed by atoms with Crippen LogP contribution in [0.15, 0.2) is 45.9 Å². The molecule has 0 bridgehead atoms. The number of sulfonamides is 1. The molecule has 1 aromatic carbocycles. The molecule has 136 valence electrons. The lowest BCUT2D eigenvalue weighted by molar-refractivity contribution is -0.122. The van der Waals surface area contributed by atoms with E-state index in [1.165, 1.54) is 31.4 Å². The van der Waals surface area contributed by atoms with Gasteiger partial charge in [-0.2, -0.15) is 4.72 Å². The Kier molecular flexibility index (Phi) is 6.46. The Morgan fingerprint density at radius 2 is 2.12 bits per heavy atom. The Bertz CT molecular complexity index is 821. The first-order valence-electron chi connectivity index (χ1n) is 7.58. The molecule has 0 saturated carbocycles. The van der Waals surface area contributed by atoms with Crippen molar-refractivity contribution >= 4 is 27.5 Å². The third-order valence-electron chi connectivity index (χ3n) is 3.26. The summed E-state index contributed by atoms with van der Waals surface area (Å²) in [6, 6.07) is 6.56. The summed E-state index contributed by atoms with van der Waals surface area (Å²) in [5.41, 5.74) is 0. The minimum Gasteiger partial charge on any atom is -0.492 e. The van der Waals surface area contributed by atoms with E-state index in [0.717, 1.165) is 0 Å². The molecule has 25 heavy (non-hydrogen) atoms. The Balaban J connectivity index is 2.01. The van der Waals surface area contributed by atoms with Gasteiger partial charge in [0, 0.05) is 0 Å². The highest BCUT2D eigenvalue weighted by Crippen LogP contribution is 2.27. The molecule has 0 unspecified atom stereocenters. The number of carbonyl (C=O) groups excluding carboxylic acids is 1. The van der Waals surface area contributed by atoms with Crippen LogP contribution in [0.3, 0.4) is 0 Å². The number of hydrogen-bond acceptors (Lipinski definition) is 5. The summed E-state index contributed by atoms with van der Waals surface area (Å²) >= 11 is 6.01. The smallest absolute Gasteiger partial charge is 0.241 e. The Morgan fingerprint density at radius 1 is 1.36 bits per heavy atom. The van der Waals surface area contributed by atoms with Crippen molar-refractivity contribution in [2.45, 2.75) is 31.3 Å². The Labute approximate surface area is 151 Å². The lowest BCUT2D eigenvalue weighted by Crippen LogP contribution is -2.44. The second kappa shape index (κ2) is 8.37. The number of amides is 1. The van der Waals surface area contributed by atoms with Crippen molar-refractivity contribution in [1.29, 1.82) is 0 Å². The predicted molar refractivity (Wildman–Crippen MR) is 93.0 cm³/mol. The zero-order valence-corrected chi connectivity index (χ0v) is 15.4. The van der Waals surface area contributed by atoms with E-state index in [2.05, 4.69) is 10.0 Å². The van der Waals surface area contributed by atoms with Crippen molar-refractivity contribution in [3.05, 3.63) is 47.4 Å². The van der Waals surface area contributed by atoms with Crippen LogP contribution in [0, 0.1) is 0 Å². The summed E-state index contributed by atoms with van der Waals surface area (Å²) in [6.45, 7) is 3.83. The molecule has 0 aliphatic carbocycles. The van der Waals surface area contributed by atoms with Crippen LogP contribution < -0.4 is 14.8 Å². The van der Waals surface area contributed by atoms with E-state index in [1.54, 1.807) is 19.1 Å². The van der Waals surface area contributed by atoms with E-state index in [9.17, 15) is 13.2 Å². The minimum absolute atomic E-state index is 0.0494. The Morgan fingerprint density at radius 3 is 2.72 bits per heavy atom. The molecule has 2 aromatic rings. The zero-order chi connectivity index (χ0) is 18.4. The van der Waals surface area contributed by atoms with Gasteiger partial charge in [0.25, 0.3) is 0 Å². The summed E-state index contributed by atoms with van der Waals surface area (Å²) in [7, 11) is -3.91. The maximum atomic E-state index is 12.4. The van der Waals surface area contributed by atoms with Crippen LogP contribution in [0.2, 0.25) is 5.02 Å². The average molecular weight is 387 g/mol. The highest BCUT2D eigenvalue weighted by molar-refractivity contribution is 7.89. The molecule has 0 fully saturated rings. The van der Waals surface area contributed by atoms with Gasteiger partial charge < -0.3 is 14.5 Å². The van der Waals surface area contributed by atoms with Crippen LogP contribution in [0.4, 0.5) is 0 Å². The van der Waals surface area contributed by atoms with Crippen molar-refractivity contribution < 1.29 is 22.4 Å². The number of carbonyl (C=O) groups is 1. The fourth-order valence-electron chi connectivity index (χ4n) is 2.02. The quantitative estimate of drug-likeness (QED) is 0.725. The van der Waals surface area contributed by atoms with Crippen LogP contribution in [0.25, 0.3) is 0 Å². The standard InChI is InChI=1S/C16H19ClN2O5S/c1-3-23-15-7-6-13(9-14(15)17)25(21,22)19-11(2)16(20)18-10-12-5-4-8-24-12/h4-9,11,19H,3,10H2,1-2H3,(H,18,20)/t11-/m0/s1. The normalized spacial score (nSPS) is 12.6. The summed E-state index contributed by atoms with van der Waals surface area (Å²) in [5, 5.41) is 2.77. The van der Waals surface area contributed by atoms with Crippen molar-refractivity contribution in [3.8, 4) is 5.75 Å². The summed E-state index contributed by atoms with van der Waals surface area (Å²) in [4.78, 5) is 12.0. The average Bonchev–Trinajstić information content (AvgIpc) is 3.07. The molecule has 0 spiro atoms. The fraction of sp³-hybridized carbons (Fsp3) is 0.312. The van der Waals surface area contributed by atoms with Gasteiger partial charge in [0.15, 0.2) is 0 Å². The molecule has 7 nitrogen and oxygen atoms in total. The highest BCUT2D eigenvalue weighted by atomic mass is 35.5. The van der Waals surface area contributed by atoms with Crippen molar-refractivity contribution in [1.82, 2.24) is 10.0 Å². The van der Waals surface area contributed by atoms with Gasteiger partial charge in [0.1, 0.15) is 11.5 Å². The van der Waals surface area contributed by atoms with E-state index < -0.39 is 22.0 Å². The lowest BCUT2D eigenvalue weighted by atomic mass is 10.3. The number of benzene rings is 1. The predicted octanol–water partition coefficient (Wildman–Crippen LogP) is 2.31. The molecule has 0 radical (unpaired) electrons. The van der Waals surface area contributed by atoms with Crippen molar-refractivity contribution in [2.24, 2.45) is 0 Å². The zero-order valence-electron chi connectivity index (χ0n) is 13.8. The van der Waals surface area contributed by atoms with E-state index in [4.69, 9.17) is 20.8 Å². The summed E-state index contributed by atoms with van der Waals surface area (Å²) < 4.78 is 37.5. The third-order valence-corrected chi connectivity index (χ3v) is 5.09. The lowest BCUT2D eigenvalue weighted by Gasteiger charge is -2.15. The number of halogens is 1. The van der Waals surface area contributed by atoms with E-state index in [1.807, 2.05) is 0 Å². The molecular weight excluding hydrogens is 368 g/mol. The molecular formula is C16H19ClN2O5S. The maximum absolute atomic E-state index is 12.4. The van der Waals surface area contributed by atoms with Gasteiger partial charge in [-0.25, -0.2) is 8.42 Å². The number of hydrogen-bond donors (Lipinski definition) is 2. The molecule has 2 N–H and O–H groups in total. The molecule has 1 atom stereocenters. The summed E-state index contributed by atoms with van der Waals surface area (Å²) in [5.74, 6) is 0.492. The fourth-order valence-corrected chi connectivity index (χ4v) is 3.54. The topological polar surface area (TPSA) is 97.6 Å². The summed E-state index contributed by atoms with van der Waals surface area (Å²) in [6.07, 6.45) is 1.49. The Hall–Kier alpha value is -2.03. The first-order valence-corrected chi connectivity index (χ1v) is 9.44. The van der Waals surface area contributed by atoms with Gasteiger partial charge in [-0.1, -0.05) is 11.6 Å². The molecule has 0 aliphatic heterocycles. The van der Waals surface area contributed by atoms with E-state index in [-0.39, 0.29) is 16.5 Å². The third kappa shape index (κ3) is 5.22. The second-order valence-corrected chi connectivity index (χ2v) is 7.29. The van der Waals surface area contributed by atoms with Crippen molar-refractivity contribution in [2.75, 3.05) is 6.61 Å². The molecule has 0 aliphatic rings. The molecule has 1 heterocycles.